The van der Waals surface area contributed by atoms with Gasteiger partial charge in [-0.25, -0.2) is 4.57 Å². The van der Waals surface area contributed by atoms with Crippen molar-refractivity contribution in [3.8, 4) is 0 Å². The minimum absolute atomic E-state index is 1.00. The van der Waals surface area contributed by atoms with E-state index in [0.717, 1.165) is 12.5 Å². The zero-order valence-electron chi connectivity index (χ0n) is 5.18. The monoisotopic (exact) mass is 306 g/mol. The second-order valence-electron chi connectivity index (χ2n) is 1.20. The summed E-state index contributed by atoms with van der Waals surface area (Å²) >= 11 is 5.70. The summed E-state index contributed by atoms with van der Waals surface area (Å²) in [7, 11) is -3.96. The van der Waals surface area contributed by atoms with Crippen molar-refractivity contribution in [2.75, 3.05) is 0 Å². The van der Waals surface area contributed by atoms with Gasteiger partial charge in [-0.3, -0.25) is 4.89 Å². The van der Waals surface area contributed by atoms with Crippen LogP contribution in [0.3, 0.4) is 0 Å². The van der Waals surface area contributed by atoms with Crippen molar-refractivity contribution >= 4 is 39.7 Å². The fourth-order valence-electron chi connectivity index (χ4n) is 0.225. The van der Waals surface area contributed by atoms with Crippen LogP contribution in [0.2, 0.25) is 0 Å². The molecule has 4 nitrogen and oxygen atoms in total. The van der Waals surface area contributed by atoms with Crippen molar-refractivity contribution < 1.29 is 18.5 Å². The topological polar surface area (TPSA) is 55.8 Å². The molecule has 0 aliphatic heterocycles. The number of rotatable bonds is 4. The fraction of sp³-hybridized carbons (Fsp3) is 0. The van der Waals surface area contributed by atoms with Crippen molar-refractivity contribution in [2.45, 2.75) is 0 Å². The Morgan fingerprint density at radius 2 is 1.55 bits per heavy atom. The lowest BCUT2D eigenvalue weighted by molar-refractivity contribution is 0.244. The molecule has 0 unspecified atom stereocenters. The van der Waals surface area contributed by atoms with Gasteiger partial charge >= 0.3 is 7.82 Å². The largest absolute Gasteiger partial charge is 0.583 e. The summed E-state index contributed by atoms with van der Waals surface area (Å²) < 4.78 is 19.2. The molecule has 64 valence electrons. The van der Waals surface area contributed by atoms with Gasteiger partial charge in [-0.05, 0) is 0 Å². The molecular formula is C4H5Br2O4P. The van der Waals surface area contributed by atoms with Crippen molar-refractivity contribution in [3.05, 3.63) is 22.5 Å². The Labute approximate surface area is 80.8 Å². The first-order valence-electron chi connectivity index (χ1n) is 2.32. The van der Waals surface area contributed by atoms with Crippen molar-refractivity contribution in [3.63, 3.8) is 0 Å². The summed E-state index contributed by atoms with van der Waals surface area (Å²) in [4.78, 5) is 11.3. The van der Waals surface area contributed by atoms with Crippen LogP contribution >= 0.6 is 39.7 Å². The molecule has 0 aromatic heterocycles. The highest BCUT2D eigenvalue weighted by Crippen LogP contribution is 2.43. The third-order valence-electron chi connectivity index (χ3n) is 0.491. The first-order valence-corrected chi connectivity index (χ1v) is 5.65. The van der Waals surface area contributed by atoms with Gasteiger partial charge in [-0.2, -0.15) is 0 Å². The molecule has 0 rings (SSSR count). The number of phosphoric acid groups is 1. The molecule has 0 heterocycles. The summed E-state index contributed by atoms with van der Waals surface area (Å²) in [6.07, 6.45) is 2.01. The lowest BCUT2D eigenvalue weighted by Gasteiger charge is -2.05. The third-order valence-corrected chi connectivity index (χ3v) is 1.70. The second kappa shape index (κ2) is 5.83. The van der Waals surface area contributed by atoms with Gasteiger partial charge in [-0.1, -0.05) is 31.9 Å². The van der Waals surface area contributed by atoms with Gasteiger partial charge in [0.25, 0.3) is 0 Å². The minimum Gasteiger partial charge on any atom is -0.403 e. The van der Waals surface area contributed by atoms with Crippen LogP contribution in [0.25, 0.3) is 0 Å². The number of phosphoric ester groups is 1. The predicted octanol–water partition coefficient (Wildman–Crippen LogP) is 2.85. The van der Waals surface area contributed by atoms with Crippen LogP contribution in [0.1, 0.15) is 0 Å². The highest BCUT2D eigenvalue weighted by Gasteiger charge is 2.19. The van der Waals surface area contributed by atoms with Gasteiger partial charge in [0.1, 0.15) is 12.5 Å². The molecule has 7 heteroatoms. The van der Waals surface area contributed by atoms with E-state index in [1.165, 1.54) is 9.97 Å². The summed E-state index contributed by atoms with van der Waals surface area (Å²) in [6, 6.07) is 0. The molecule has 0 bridgehead atoms. The molecule has 0 fully saturated rings. The standard InChI is InChI=1S/C4H5Br2O4P/c5-1-3-9-11(7,8)10-4-2-6/h1-4H,(H,7,8). The zero-order valence-corrected chi connectivity index (χ0v) is 9.25. The number of hydrogen-bond donors (Lipinski definition) is 1. The van der Waals surface area contributed by atoms with Crippen molar-refractivity contribution in [2.24, 2.45) is 0 Å². The lowest BCUT2D eigenvalue weighted by atomic mass is 11.2. The SMILES string of the molecule is O=P(O)(OC=CBr)OC=CBr. The maximum absolute atomic E-state index is 10.7. The van der Waals surface area contributed by atoms with E-state index < -0.39 is 7.82 Å². The summed E-state index contributed by atoms with van der Waals surface area (Å²) in [5, 5.41) is 0. The normalized spacial score (nSPS) is 17.0. The maximum atomic E-state index is 10.7. The van der Waals surface area contributed by atoms with Gasteiger partial charge in [0.2, 0.25) is 0 Å². The molecule has 0 saturated heterocycles. The molecular weight excluding hydrogens is 303 g/mol. The van der Waals surface area contributed by atoms with Crippen LogP contribution in [0, 0.1) is 0 Å². The number of halogens is 2. The molecule has 0 spiro atoms. The van der Waals surface area contributed by atoms with E-state index in [-0.39, 0.29) is 0 Å². The van der Waals surface area contributed by atoms with Crippen LogP contribution in [-0.2, 0) is 13.6 Å². The van der Waals surface area contributed by atoms with E-state index in [0.29, 0.717) is 0 Å². The van der Waals surface area contributed by atoms with Gasteiger partial charge in [0.15, 0.2) is 0 Å². The molecule has 0 radical (unpaired) electrons. The van der Waals surface area contributed by atoms with E-state index in [4.69, 9.17) is 4.89 Å². The Kier molecular flexibility index (Phi) is 5.95. The average Bonchev–Trinajstić information content (AvgIpc) is 1.97. The van der Waals surface area contributed by atoms with Crippen LogP contribution in [0.15, 0.2) is 22.5 Å². The molecule has 0 aliphatic rings. The van der Waals surface area contributed by atoms with Crippen molar-refractivity contribution in [1.82, 2.24) is 0 Å². The highest BCUT2D eigenvalue weighted by molar-refractivity contribution is 9.11. The molecule has 0 aromatic rings. The lowest BCUT2D eigenvalue weighted by Crippen LogP contribution is -1.82. The number of hydrogen-bond acceptors (Lipinski definition) is 3. The maximum Gasteiger partial charge on any atom is 0.583 e. The molecule has 0 saturated carbocycles. The summed E-state index contributed by atoms with van der Waals surface area (Å²) in [5.41, 5.74) is 0. The van der Waals surface area contributed by atoms with Crippen LogP contribution in [0.5, 0.6) is 0 Å². The molecule has 11 heavy (non-hydrogen) atoms. The molecule has 0 amide bonds. The van der Waals surface area contributed by atoms with Gasteiger partial charge in [0, 0.05) is 9.97 Å². The van der Waals surface area contributed by atoms with Crippen LogP contribution < -0.4 is 0 Å². The fourth-order valence-corrected chi connectivity index (χ4v) is 1.25. The van der Waals surface area contributed by atoms with E-state index in [1.54, 1.807) is 0 Å². The van der Waals surface area contributed by atoms with Crippen LogP contribution in [-0.4, -0.2) is 4.89 Å². The van der Waals surface area contributed by atoms with Gasteiger partial charge in [-0.15, -0.1) is 0 Å². The highest BCUT2D eigenvalue weighted by atomic mass is 79.9. The van der Waals surface area contributed by atoms with E-state index in [9.17, 15) is 4.57 Å². The Hall–Kier alpha value is 0.230. The Balaban J connectivity index is 3.90. The zero-order chi connectivity index (χ0) is 8.74. The Bertz CT molecular complexity index is 184. The first-order chi connectivity index (χ1) is 5.12. The Morgan fingerprint density at radius 3 is 1.82 bits per heavy atom. The summed E-state index contributed by atoms with van der Waals surface area (Å²) in [5.74, 6) is 0. The second-order valence-corrected chi connectivity index (χ2v) is 3.62. The minimum atomic E-state index is -3.96. The van der Waals surface area contributed by atoms with Crippen LogP contribution in [0.4, 0.5) is 0 Å². The van der Waals surface area contributed by atoms with E-state index >= 15 is 0 Å². The smallest absolute Gasteiger partial charge is 0.403 e. The first kappa shape index (κ1) is 11.2. The third kappa shape index (κ3) is 6.62. The quantitative estimate of drug-likeness (QED) is 0.641. The van der Waals surface area contributed by atoms with Crippen molar-refractivity contribution in [1.29, 1.82) is 0 Å². The Morgan fingerprint density at radius 1 is 1.18 bits per heavy atom. The molecule has 0 atom stereocenters. The molecule has 1 N–H and O–H groups in total. The summed E-state index contributed by atoms with van der Waals surface area (Å²) in [6.45, 7) is 0. The average molecular weight is 308 g/mol. The van der Waals surface area contributed by atoms with Gasteiger partial charge < -0.3 is 9.05 Å². The predicted molar refractivity (Wildman–Crippen MR) is 48.1 cm³/mol. The molecule has 0 aromatic carbocycles. The van der Waals surface area contributed by atoms with Gasteiger partial charge in [0.05, 0.1) is 0 Å². The van der Waals surface area contributed by atoms with E-state index in [2.05, 4.69) is 40.9 Å². The molecule has 0 aliphatic carbocycles. The van der Waals surface area contributed by atoms with E-state index in [1.807, 2.05) is 0 Å².